The summed E-state index contributed by atoms with van der Waals surface area (Å²) in [5.74, 6) is 1.70. The number of benzene rings is 1. The number of piperazine rings is 1. The Morgan fingerprint density at radius 1 is 1.07 bits per heavy atom. The molecule has 0 unspecified atom stereocenters. The van der Waals surface area contributed by atoms with Crippen LogP contribution in [0.15, 0.2) is 42.7 Å². The molecular weight excluding hydrogens is 352 g/mol. The van der Waals surface area contributed by atoms with Crippen molar-refractivity contribution in [1.82, 2.24) is 15.0 Å². The van der Waals surface area contributed by atoms with Gasteiger partial charge in [0.1, 0.15) is 5.82 Å². The Kier molecular flexibility index (Phi) is 4.74. The van der Waals surface area contributed by atoms with Crippen molar-refractivity contribution >= 4 is 28.4 Å². The molecule has 2 N–H and O–H groups in total. The predicted octanol–water partition coefficient (Wildman–Crippen LogP) is 2.88. The highest BCUT2D eigenvalue weighted by Gasteiger charge is 2.21. The lowest BCUT2D eigenvalue weighted by Crippen LogP contribution is -2.47. The fourth-order valence-electron chi connectivity index (χ4n) is 4.14. The molecule has 1 aromatic carbocycles. The molecule has 0 aliphatic carbocycles. The zero-order valence-electron chi connectivity index (χ0n) is 16.0. The molecule has 5 rings (SSSR count). The molecular formula is C21H26N6O. The summed E-state index contributed by atoms with van der Waals surface area (Å²) in [6.45, 7) is 5.37. The molecule has 2 saturated heterocycles. The number of H-pyrrole nitrogens is 1. The van der Waals surface area contributed by atoms with E-state index in [1.165, 1.54) is 16.6 Å². The van der Waals surface area contributed by atoms with E-state index in [4.69, 9.17) is 9.72 Å². The third-order valence-electron chi connectivity index (χ3n) is 5.63. The lowest BCUT2D eigenvalue weighted by atomic mass is 10.1. The molecule has 0 amide bonds. The van der Waals surface area contributed by atoms with E-state index in [1.807, 2.05) is 18.5 Å². The summed E-state index contributed by atoms with van der Waals surface area (Å²) >= 11 is 0. The highest BCUT2D eigenvalue weighted by molar-refractivity contribution is 5.92. The van der Waals surface area contributed by atoms with Crippen molar-refractivity contribution in [3.63, 3.8) is 0 Å². The van der Waals surface area contributed by atoms with Crippen LogP contribution >= 0.6 is 0 Å². The molecule has 28 heavy (non-hydrogen) atoms. The first-order valence-corrected chi connectivity index (χ1v) is 10.1. The summed E-state index contributed by atoms with van der Waals surface area (Å²) < 4.78 is 5.56. The van der Waals surface area contributed by atoms with Crippen molar-refractivity contribution in [2.75, 3.05) is 54.5 Å². The van der Waals surface area contributed by atoms with E-state index in [9.17, 15) is 0 Å². The summed E-state index contributed by atoms with van der Waals surface area (Å²) in [6, 6.07) is 10.9. The van der Waals surface area contributed by atoms with E-state index < -0.39 is 0 Å². The number of nitrogens with one attached hydrogen (secondary N) is 2. The van der Waals surface area contributed by atoms with Crippen molar-refractivity contribution < 1.29 is 4.74 Å². The molecule has 0 spiro atoms. The molecule has 2 aliphatic heterocycles. The van der Waals surface area contributed by atoms with Gasteiger partial charge in [0.05, 0.1) is 12.6 Å². The van der Waals surface area contributed by atoms with E-state index in [0.717, 1.165) is 64.0 Å². The maximum Gasteiger partial charge on any atom is 0.227 e. The molecule has 2 aromatic heterocycles. The van der Waals surface area contributed by atoms with Crippen LogP contribution in [0.4, 0.5) is 17.5 Å². The zero-order valence-corrected chi connectivity index (χ0v) is 16.0. The van der Waals surface area contributed by atoms with Gasteiger partial charge < -0.3 is 24.8 Å². The largest absolute Gasteiger partial charge is 0.379 e. The maximum absolute atomic E-state index is 5.56. The van der Waals surface area contributed by atoms with Crippen LogP contribution in [0, 0.1) is 0 Å². The number of aromatic amines is 1. The Balaban J connectivity index is 1.25. The number of hydrogen-bond acceptors (Lipinski definition) is 6. The molecule has 0 radical (unpaired) electrons. The quantitative estimate of drug-likeness (QED) is 0.728. The van der Waals surface area contributed by atoms with Gasteiger partial charge in [-0.2, -0.15) is 4.98 Å². The molecule has 146 valence electrons. The summed E-state index contributed by atoms with van der Waals surface area (Å²) in [5, 5.41) is 4.78. The smallest absolute Gasteiger partial charge is 0.227 e. The van der Waals surface area contributed by atoms with Crippen LogP contribution in [-0.2, 0) is 4.74 Å². The van der Waals surface area contributed by atoms with Crippen LogP contribution in [0.3, 0.4) is 0 Å². The second-order valence-corrected chi connectivity index (χ2v) is 7.49. The Morgan fingerprint density at radius 2 is 1.96 bits per heavy atom. The average molecular weight is 378 g/mol. The molecule has 3 aromatic rings. The highest BCUT2D eigenvalue weighted by atomic mass is 16.5. The SMILES string of the molecule is c1cc(N2CCN(c3nccc(N[C@H]4CCCOC4)n3)CC2)c2cc[nH]c2c1. The molecule has 0 bridgehead atoms. The van der Waals surface area contributed by atoms with E-state index in [-0.39, 0.29) is 0 Å². The summed E-state index contributed by atoms with van der Waals surface area (Å²) in [4.78, 5) is 17.3. The topological polar surface area (TPSA) is 69.3 Å². The Hall–Kier alpha value is -2.80. The third kappa shape index (κ3) is 3.49. The summed E-state index contributed by atoms with van der Waals surface area (Å²) in [6.07, 6.45) is 6.09. The first kappa shape index (κ1) is 17.3. The van der Waals surface area contributed by atoms with Crippen molar-refractivity contribution in [1.29, 1.82) is 0 Å². The van der Waals surface area contributed by atoms with Gasteiger partial charge in [0.25, 0.3) is 0 Å². The number of rotatable bonds is 4. The molecule has 4 heterocycles. The standard InChI is InChI=1S/C21H26N6O/c1-4-18-17(6-8-22-18)19(5-1)26-10-12-27(13-11-26)21-23-9-7-20(25-21)24-16-3-2-14-28-15-16/h1,4-9,16,22H,2-3,10-15H2,(H,23,24,25)/t16-/m0/s1. The number of ether oxygens (including phenoxy) is 1. The van der Waals surface area contributed by atoms with E-state index >= 15 is 0 Å². The average Bonchev–Trinajstić information content (AvgIpc) is 3.24. The van der Waals surface area contributed by atoms with Crippen LogP contribution in [0.2, 0.25) is 0 Å². The van der Waals surface area contributed by atoms with Crippen molar-refractivity contribution in [3.8, 4) is 0 Å². The fourth-order valence-corrected chi connectivity index (χ4v) is 4.14. The minimum absolute atomic E-state index is 0.343. The van der Waals surface area contributed by atoms with Gasteiger partial charge in [-0.1, -0.05) is 6.07 Å². The lowest BCUT2D eigenvalue weighted by Gasteiger charge is -2.36. The molecule has 7 nitrogen and oxygen atoms in total. The Morgan fingerprint density at radius 3 is 2.82 bits per heavy atom. The fraction of sp³-hybridized carbons (Fsp3) is 0.429. The Bertz CT molecular complexity index is 927. The maximum atomic E-state index is 5.56. The van der Waals surface area contributed by atoms with Crippen molar-refractivity contribution in [3.05, 3.63) is 42.7 Å². The summed E-state index contributed by atoms with van der Waals surface area (Å²) in [5.41, 5.74) is 2.49. The molecule has 7 heteroatoms. The van der Waals surface area contributed by atoms with Gasteiger partial charge in [0, 0.05) is 61.8 Å². The van der Waals surface area contributed by atoms with E-state index in [0.29, 0.717) is 6.04 Å². The monoisotopic (exact) mass is 378 g/mol. The van der Waals surface area contributed by atoms with Crippen LogP contribution in [0.25, 0.3) is 10.9 Å². The molecule has 1 atom stereocenters. The minimum atomic E-state index is 0.343. The molecule has 2 aliphatic rings. The predicted molar refractivity (Wildman–Crippen MR) is 112 cm³/mol. The van der Waals surface area contributed by atoms with E-state index in [2.05, 4.69) is 49.4 Å². The first-order chi connectivity index (χ1) is 13.9. The molecule has 2 fully saturated rings. The van der Waals surface area contributed by atoms with Crippen LogP contribution in [-0.4, -0.2) is 60.4 Å². The van der Waals surface area contributed by atoms with Gasteiger partial charge in [-0.3, -0.25) is 0 Å². The second kappa shape index (κ2) is 7.67. The third-order valence-corrected chi connectivity index (χ3v) is 5.63. The number of aromatic nitrogens is 3. The number of nitrogens with zero attached hydrogens (tertiary/aromatic N) is 4. The number of anilines is 3. The second-order valence-electron chi connectivity index (χ2n) is 7.49. The van der Waals surface area contributed by atoms with Gasteiger partial charge in [0.2, 0.25) is 5.95 Å². The first-order valence-electron chi connectivity index (χ1n) is 10.1. The zero-order chi connectivity index (χ0) is 18.8. The number of hydrogen-bond donors (Lipinski definition) is 2. The number of fused-ring (bicyclic) bond motifs is 1. The minimum Gasteiger partial charge on any atom is -0.379 e. The van der Waals surface area contributed by atoms with Crippen molar-refractivity contribution in [2.24, 2.45) is 0 Å². The van der Waals surface area contributed by atoms with Gasteiger partial charge in [0.15, 0.2) is 0 Å². The van der Waals surface area contributed by atoms with Crippen LogP contribution < -0.4 is 15.1 Å². The van der Waals surface area contributed by atoms with Crippen LogP contribution in [0.5, 0.6) is 0 Å². The van der Waals surface area contributed by atoms with Gasteiger partial charge in [-0.15, -0.1) is 0 Å². The highest BCUT2D eigenvalue weighted by Crippen LogP contribution is 2.27. The van der Waals surface area contributed by atoms with Crippen LogP contribution in [0.1, 0.15) is 12.8 Å². The van der Waals surface area contributed by atoms with Crippen molar-refractivity contribution in [2.45, 2.75) is 18.9 Å². The Labute approximate surface area is 164 Å². The van der Waals surface area contributed by atoms with Gasteiger partial charge in [-0.05, 0) is 37.1 Å². The van der Waals surface area contributed by atoms with E-state index in [1.54, 1.807) is 0 Å². The lowest BCUT2D eigenvalue weighted by molar-refractivity contribution is 0.0875. The normalized spacial score (nSPS) is 20.5. The van der Waals surface area contributed by atoms with Gasteiger partial charge >= 0.3 is 0 Å². The van der Waals surface area contributed by atoms with Gasteiger partial charge in [-0.25, -0.2) is 4.98 Å². The summed E-state index contributed by atoms with van der Waals surface area (Å²) in [7, 11) is 0. The molecule has 0 saturated carbocycles.